The summed E-state index contributed by atoms with van der Waals surface area (Å²) in [6, 6.07) is 6.21. The van der Waals surface area contributed by atoms with Crippen LogP contribution in [-0.4, -0.2) is 53.7 Å². The Hall–Kier alpha value is -3.39. The van der Waals surface area contributed by atoms with Gasteiger partial charge in [0, 0.05) is 49.7 Å². The smallest absolute Gasteiger partial charge is 0.416 e. The zero-order valence-electron chi connectivity index (χ0n) is 22.5. The minimum atomic E-state index is -4.56. The monoisotopic (exact) mass is 642 g/mol. The number of nitrogens with zero attached hydrogens (tertiary/aromatic N) is 4. The lowest BCUT2D eigenvalue weighted by molar-refractivity contribution is -0.137. The molecule has 5 rings (SSSR count). The van der Waals surface area contributed by atoms with Gasteiger partial charge in [0.25, 0.3) is 0 Å². The number of halogens is 5. The number of thiazole rings is 1. The largest absolute Gasteiger partial charge is 0.481 e. The molecule has 0 unspecified atom stereocenters. The lowest BCUT2D eigenvalue weighted by atomic mass is 10.1. The van der Waals surface area contributed by atoms with Gasteiger partial charge in [-0.2, -0.15) is 13.2 Å². The van der Waals surface area contributed by atoms with Crippen LogP contribution in [0.15, 0.2) is 41.3 Å². The third kappa shape index (κ3) is 6.33. The molecule has 1 amide bonds. The second-order valence-electron chi connectivity index (χ2n) is 9.30. The highest BCUT2D eigenvalue weighted by Gasteiger charge is 2.31. The molecule has 1 aromatic carbocycles. The number of carbonyl (C=O) groups excluding carboxylic acids is 1. The lowest BCUT2D eigenvalue weighted by Gasteiger charge is -2.31. The van der Waals surface area contributed by atoms with Gasteiger partial charge < -0.3 is 24.8 Å². The number of anilines is 2. The molecule has 4 heterocycles. The van der Waals surface area contributed by atoms with Gasteiger partial charge in [-0.05, 0) is 30.7 Å². The van der Waals surface area contributed by atoms with E-state index in [-0.39, 0.29) is 35.1 Å². The highest BCUT2D eigenvalue weighted by Crippen LogP contribution is 2.35. The molecule has 1 fully saturated rings. The van der Waals surface area contributed by atoms with Gasteiger partial charge in [0.05, 0.1) is 23.4 Å². The number of hydrogen-bond acceptors (Lipinski definition) is 8. The van der Waals surface area contributed by atoms with E-state index in [9.17, 15) is 22.8 Å². The predicted octanol–water partition coefficient (Wildman–Crippen LogP) is 5.23. The fourth-order valence-corrected chi connectivity index (χ4v) is 6.02. The van der Waals surface area contributed by atoms with Crippen molar-refractivity contribution in [3.63, 3.8) is 0 Å². The van der Waals surface area contributed by atoms with Crippen LogP contribution in [0.1, 0.15) is 18.2 Å². The fraction of sp³-hybridized carbons (Fsp3) is 0.333. The maximum atomic E-state index is 13.9. The number of amides is 1. The molecule has 0 bridgehead atoms. The number of rotatable bonds is 7. The van der Waals surface area contributed by atoms with Crippen molar-refractivity contribution in [3.05, 3.63) is 63.0 Å². The number of aromatic nitrogens is 3. The predicted molar refractivity (Wildman–Crippen MR) is 160 cm³/mol. The molecule has 4 aromatic rings. The van der Waals surface area contributed by atoms with Crippen molar-refractivity contribution >= 4 is 63.0 Å². The number of fused-ring (bicyclic) bond motifs is 1. The van der Waals surface area contributed by atoms with Crippen LogP contribution in [0.2, 0.25) is 5.02 Å². The molecule has 42 heavy (non-hydrogen) atoms. The lowest BCUT2D eigenvalue weighted by Crippen LogP contribution is -2.46. The van der Waals surface area contributed by atoms with Gasteiger partial charge in [-0.25, -0.2) is 9.97 Å². The SMILES string of the molecule is CCc1c(N2CCNCC2)c(=O)c2sc(-c3ccnc(OC)c3)nc2n1CC(=O)Nc1ccc(C(F)(F)F)cc1Cl.Cl. The van der Waals surface area contributed by atoms with Crippen molar-refractivity contribution in [1.29, 1.82) is 0 Å². The summed E-state index contributed by atoms with van der Waals surface area (Å²) in [5.41, 5.74) is 1.17. The maximum Gasteiger partial charge on any atom is 0.416 e. The van der Waals surface area contributed by atoms with Gasteiger partial charge in [0.15, 0.2) is 5.65 Å². The van der Waals surface area contributed by atoms with Crippen LogP contribution in [-0.2, 0) is 23.9 Å². The van der Waals surface area contributed by atoms with Crippen molar-refractivity contribution in [2.75, 3.05) is 43.5 Å². The normalized spacial score (nSPS) is 13.6. The van der Waals surface area contributed by atoms with Crippen LogP contribution in [0.25, 0.3) is 20.9 Å². The first-order chi connectivity index (χ1) is 19.6. The van der Waals surface area contributed by atoms with E-state index in [0.717, 1.165) is 18.2 Å². The zero-order chi connectivity index (χ0) is 29.3. The molecule has 0 atom stereocenters. The quantitative estimate of drug-likeness (QED) is 0.285. The van der Waals surface area contributed by atoms with Gasteiger partial charge >= 0.3 is 6.18 Å². The number of ether oxygens (including phenoxy) is 1. The Kier molecular flexibility index (Phi) is 9.66. The number of hydrogen-bond donors (Lipinski definition) is 2. The molecule has 0 radical (unpaired) electrons. The first-order valence-electron chi connectivity index (χ1n) is 12.8. The summed E-state index contributed by atoms with van der Waals surface area (Å²) >= 11 is 7.29. The highest BCUT2D eigenvalue weighted by molar-refractivity contribution is 7.21. The topological polar surface area (TPSA) is 101 Å². The Bertz CT molecular complexity index is 1670. The Morgan fingerprint density at radius 1 is 1.21 bits per heavy atom. The van der Waals surface area contributed by atoms with Crippen LogP contribution in [0.4, 0.5) is 24.5 Å². The minimum Gasteiger partial charge on any atom is -0.481 e. The molecule has 3 aromatic heterocycles. The van der Waals surface area contributed by atoms with Gasteiger partial charge in [-0.3, -0.25) is 9.59 Å². The average Bonchev–Trinajstić information content (AvgIpc) is 3.41. The minimum absolute atomic E-state index is 0. The first-order valence-corrected chi connectivity index (χ1v) is 14.0. The third-order valence-electron chi connectivity index (χ3n) is 6.72. The second-order valence-corrected chi connectivity index (χ2v) is 10.7. The van der Waals surface area contributed by atoms with Crippen LogP contribution in [0.5, 0.6) is 5.88 Å². The number of methoxy groups -OCH3 is 1. The number of nitrogens with one attached hydrogen (secondary N) is 2. The molecule has 1 aliphatic heterocycles. The number of alkyl halides is 3. The van der Waals surface area contributed by atoms with E-state index < -0.39 is 17.6 Å². The van der Waals surface area contributed by atoms with E-state index in [1.807, 2.05) is 11.8 Å². The van der Waals surface area contributed by atoms with Gasteiger partial charge in [-0.1, -0.05) is 18.5 Å². The number of benzene rings is 1. The van der Waals surface area contributed by atoms with Crippen LogP contribution in [0, 0.1) is 0 Å². The Balaban J connectivity index is 0.00000405. The summed E-state index contributed by atoms with van der Waals surface area (Å²) in [4.78, 5) is 38.1. The van der Waals surface area contributed by atoms with Crippen molar-refractivity contribution in [1.82, 2.24) is 19.9 Å². The summed E-state index contributed by atoms with van der Waals surface area (Å²) in [6.45, 7) is 4.31. The number of piperazine rings is 1. The molecule has 0 saturated carbocycles. The van der Waals surface area contributed by atoms with Crippen molar-refractivity contribution in [2.45, 2.75) is 26.1 Å². The van der Waals surface area contributed by atoms with E-state index >= 15 is 0 Å². The molecule has 1 saturated heterocycles. The summed E-state index contributed by atoms with van der Waals surface area (Å²) in [5.74, 6) is -0.141. The third-order valence-corrected chi connectivity index (χ3v) is 8.12. The van der Waals surface area contributed by atoms with Gasteiger partial charge in [0.1, 0.15) is 21.9 Å². The van der Waals surface area contributed by atoms with E-state index in [2.05, 4.69) is 15.6 Å². The number of pyridine rings is 2. The molecule has 1 aliphatic rings. The Morgan fingerprint density at radius 2 is 1.95 bits per heavy atom. The van der Waals surface area contributed by atoms with Gasteiger partial charge in [-0.15, -0.1) is 23.7 Å². The first kappa shape index (κ1) is 31.5. The Labute approximate surface area is 254 Å². The number of carbonyl (C=O) groups is 1. The van der Waals surface area contributed by atoms with Crippen molar-refractivity contribution in [2.24, 2.45) is 0 Å². The van der Waals surface area contributed by atoms with E-state index in [1.165, 1.54) is 18.4 Å². The Morgan fingerprint density at radius 3 is 2.60 bits per heavy atom. The van der Waals surface area contributed by atoms with Crippen LogP contribution < -0.4 is 25.7 Å². The zero-order valence-corrected chi connectivity index (χ0v) is 24.9. The molecule has 0 spiro atoms. The molecule has 9 nitrogen and oxygen atoms in total. The summed E-state index contributed by atoms with van der Waals surface area (Å²) in [6.07, 6.45) is -2.54. The van der Waals surface area contributed by atoms with E-state index in [1.54, 1.807) is 22.9 Å². The molecule has 0 aliphatic carbocycles. The van der Waals surface area contributed by atoms with Crippen LogP contribution >= 0.6 is 35.3 Å². The molecular weight excluding hydrogens is 616 g/mol. The van der Waals surface area contributed by atoms with Gasteiger partial charge in [0.2, 0.25) is 17.2 Å². The maximum absolute atomic E-state index is 13.9. The summed E-state index contributed by atoms with van der Waals surface area (Å²) in [5, 5.41) is 6.21. The highest BCUT2D eigenvalue weighted by atomic mass is 35.5. The fourth-order valence-electron chi connectivity index (χ4n) is 4.78. The van der Waals surface area contributed by atoms with Crippen molar-refractivity contribution < 1.29 is 22.7 Å². The molecule has 224 valence electrons. The standard InChI is InChI=1S/C27H26ClF3N6O3S.ClH/c1-3-19-22(36-10-8-32-9-11-36)23(39)24-25(35-26(41-24)15-6-7-33-21(12-15)40-2)37(19)14-20(38)34-18-5-4-16(13-17(18)28)27(29,30)31;/h4-7,12-13,32H,3,8-11,14H2,1-2H3,(H,34,38);1H. The molecule has 15 heteroatoms. The van der Waals surface area contributed by atoms with Crippen LogP contribution in [0.3, 0.4) is 0 Å². The second kappa shape index (κ2) is 12.9. The summed E-state index contributed by atoms with van der Waals surface area (Å²) < 4.78 is 46.6. The molecule has 2 N–H and O–H groups in total. The van der Waals surface area contributed by atoms with E-state index in [4.69, 9.17) is 21.3 Å². The van der Waals surface area contributed by atoms with Crippen molar-refractivity contribution in [3.8, 4) is 16.5 Å². The van der Waals surface area contributed by atoms with E-state index in [0.29, 0.717) is 70.8 Å². The summed E-state index contributed by atoms with van der Waals surface area (Å²) in [7, 11) is 1.50. The molecular formula is C27H27Cl2F3N6O3S. The average molecular weight is 644 g/mol.